The van der Waals surface area contributed by atoms with Gasteiger partial charge in [0.2, 0.25) is 0 Å². The molecular weight excluding hydrogens is 445 g/mol. The van der Waals surface area contributed by atoms with E-state index < -0.39 is 14.6 Å². The van der Waals surface area contributed by atoms with Crippen LogP contribution in [0.1, 0.15) is 32.6 Å². The van der Waals surface area contributed by atoms with Crippen LogP contribution in [0.2, 0.25) is 0 Å². The van der Waals surface area contributed by atoms with Crippen LogP contribution in [0.3, 0.4) is 0 Å². The second-order valence-electron chi connectivity index (χ2n) is 6.67. The van der Waals surface area contributed by atoms with Gasteiger partial charge in [-0.05, 0) is 25.3 Å². The van der Waals surface area contributed by atoms with Crippen LogP contribution < -0.4 is 10.6 Å². The Bertz CT molecular complexity index is 609. The molecule has 0 saturated carbocycles. The number of halogens is 1. The molecular formula is C15H28IN3O2S2. The van der Waals surface area contributed by atoms with Crippen molar-refractivity contribution in [3.8, 4) is 0 Å². The highest BCUT2D eigenvalue weighted by molar-refractivity contribution is 14.0. The van der Waals surface area contributed by atoms with Gasteiger partial charge < -0.3 is 10.6 Å². The van der Waals surface area contributed by atoms with Crippen molar-refractivity contribution in [2.24, 2.45) is 4.99 Å². The lowest BCUT2D eigenvalue weighted by atomic mass is 9.91. The second-order valence-corrected chi connectivity index (χ2v) is 10.3. The second kappa shape index (κ2) is 8.66. The summed E-state index contributed by atoms with van der Waals surface area (Å²) in [6.07, 6.45) is 1.25. The Balaban J connectivity index is 0.00000484. The zero-order valence-electron chi connectivity index (χ0n) is 14.6. The maximum absolute atomic E-state index is 11.7. The number of hydrogen-bond donors (Lipinski definition) is 2. The molecule has 5 nitrogen and oxygen atoms in total. The molecule has 134 valence electrons. The van der Waals surface area contributed by atoms with E-state index in [2.05, 4.69) is 40.9 Å². The van der Waals surface area contributed by atoms with Crippen molar-refractivity contribution in [1.29, 1.82) is 0 Å². The van der Waals surface area contributed by atoms with Gasteiger partial charge in [-0.25, -0.2) is 8.42 Å². The predicted molar refractivity (Wildman–Crippen MR) is 111 cm³/mol. The maximum Gasteiger partial charge on any atom is 0.191 e. The largest absolute Gasteiger partial charge is 0.356 e. The minimum Gasteiger partial charge on any atom is -0.356 e. The third-order valence-corrected chi connectivity index (χ3v) is 7.18. The Morgan fingerprint density at radius 3 is 2.22 bits per heavy atom. The number of aliphatic imine (C=N–C) groups is 1. The first-order valence-electron chi connectivity index (χ1n) is 7.18. The molecule has 0 amide bonds. The number of thiophene rings is 1. The summed E-state index contributed by atoms with van der Waals surface area (Å²) in [6.45, 7) is 8.77. The van der Waals surface area contributed by atoms with E-state index in [0.29, 0.717) is 19.0 Å². The van der Waals surface area contributed by atoms with Gasteiger partial charge in [0.05, 0.1) is 4.75 Å². The normalized spacial score (nSPS) is 13.4. The number of rotatable bonds is 6. The quantitative estimate of drug-likeness (QED) is 0.379. The standard InChI is InChI=1S/C15H27N3O2S2.HI/c1-14(2,12-8-7-9-21-12)10-17-13(16-5)18-11-15(3,4)22(6,19)20;/h7-9H,10-11H2,1-6H3,(H2,16,17,18);1H. The van der Waals surface area contributed by atoms with Crippen LogP contribution in [0.25, 0.3) is 0 Å². The van der Waals surface area contributed by atoms with E-state index in [0.717, 1.165) is 0 Å². The highest BCUT2D eigenvalue weighted by Crippen LogP contribution is 2.26. The molecule has 0 saturated heterocycles. The van der Waals surface area contributed by atoms with Gasteiger partial charge in [-0.3, -0.25) is 4.99 Å². The molecule has 0 spiro atoms. The van der Waals surface area contributed by atoms with Crippen LogP contribution in [-0.2, 0) is 15.3 Å². The monoisotopic (exact) mass is 473 g/mol. The first kappa shape index (κ1) is 22.6. The Labute approximate surface area is 161 Å². The third-order valence-electron chi connectivity index (χ3n) is 3.79. The van der Waals surface area contributed by atoms with Crippen molar-refractivity contribution in [3.05, 3.63) is 22.4 Å². The van der Waals surface area contributed by atoms with Gasteiger partial charge in [0.15, 0.2) is 15.8 Å². The predicted octanol–water partition coefficient (Wildman–Crippen LogP) is 2.63. The highest BCUT2D eigenvalue weighted by Gasteiger charge is 2.30. The summed E-state index contributed by atoms with van der Waals surface area (Å²) in [6, 6.07) is 4.17. The van der Waals surface area contributed by atoms with E-state index in [4.69, 9.17) is 0 Å². The fourth-order valence-corrected chi connectivity index (χ4v) is 2.89. The Morgan fingerprint density at radius 2 is 1.78 bits per heavy atom. The average Bonchev–Trinajstić information content (AvgIpc) is 2.92. The molecule has 0 aliphatic heterocycles. The number of nitrogens with zero attached hydrogens (tertiary/aromatic N) is 1. The molecule has 23 heavy (non-hydrogen) atoms. The molecule has 0 unspecified atom stereocenters. The molecule has 1 aromatic rings. The number of sulfone groups is 1. The third kappa shape index (κ3) is 6.58. The van der Waals surface area contributed by atoms with Crippen LogP contribution in [0, 0.1) is 0 Å². The lowest BCUT2D eigenvalue weighted by Crippen LogP contribution is -2.49. The van der Waals surface area contributed by atoms with Gasteiger partial charge in [-0.1, -0.05) is 19.9 Å². The fraction of sp³-hybridized carbons (Fsp3) is 0.667. The maximum atomic E-state index is 11.7. The summed E-state index contributed by atoms with van der Waals surface area (Å²) in [5.41, 5.74) is -0.0157. The van der Waals surface area contributed by atoms with Crippen LogP contribution >= 0.6 is 35.3 Å². The van der Waals surface area contributed by atoms with Crippen molar-refractivity contribution in [1.82, 2.24) is 10.6 Å². The van der Waals surface area contributed by atoms with Gasteiger partial charge in [-0.15, -0.1) is 35.3 Å². The van der Waals surface area contributed by atoms with Crippen molar-refractivity contribution in [3.63, 3.8) is 0 Å². The van der Waals surface area contributed by atoms with Gasteiger partial charge in [0, 0.05) is 36.7 Å². The summed E-state index contributed by atoms with van der Waals surface area (Å²) < 4.78 is 22.6. The van der Waals surface area contributed by atoms with E-state index in [1.54, 1.807) is 32.2 Å². The zero-order chi connectivity index (χ0) is 17.0. The van der Waals surface area contributed by atoms with Crippen molar-refractivity contribution in [2.45, 2.75) is 37.9 Å². The van der Waals surface area contributed by atoms with Crippen molar-refractivity contribution < 1.29 is 8.42 Å². The smallest absolute Gasteiger partial charge is 0.191 e. The van der Waals surface area contributed by atoms with Crippen molar-refractivity contribution in [2.75, 3.05) is 26.4 Å². The average molecular weight is 473 g/mol. The molecule has 2 N–H and O–H groups in total. The fourth-order valence-electron chi connectivity index (χ4n) is 1.70. The lowest BCUT2D eigenvalue weighted by Gasteiger charge is -2.27. The van der Waals surface area contributed by atoms with Crippen molar-refractivity contribution >= 4 is 51.1 Å². The van der Waals surface area contributed by atoms with Gasteiger partial charge >= 0.3 is 0 Å². The molecule has 0 aliphatic rings. The van der Waals surface area contributed by atoms with Gasteiger partial charge in [0.25, 0.3) is 0 Å². The number of nitrogens with one attached hydrogen (secondary N) is 2. The molecule has 0 fully saturated rings. The minimum absolute atomic E-state index is 0. The Hall–Kier alpha value is -0.350. The topological polar surface area (TPSA) is 70.6 Å². The highest BCUT2D eigenvalue weighted by atomic mass is 127. The van der Waals surface area contributed by atoms with Crippen LogP contribution in [-0.4, -0.2) is 45.5 Å². The minimum atomic E-state index is -3.13. The Morgan fingerprint density at radius 1 is 1.22 bits per heavy atom. The van der Waals surface area contributed by atoms with Gasteiger partial charge in [0.1, 0.15) is 0 Å². The van der Waals surface area contributed by atoms with Gasteiger partial charge in [-0.2, -0.15) is 0 Å². The SMILES string of the molecule is CN=C(NCC(C)(C)c1cccs1)NCC(C)(C)S(C)(=O)=O.I. The van der Waals surface area contributed by atoms with E-state index in [1.807, 2.05) is 6.07 Å². The van der Waals surface area contributed by atoms with Crippen LogP contribution in [0.15, 0.2) is 22.5 Å². The Kier molecular flexibility index (Phi) is 8.53. The number of guanidine groups is 1. The van der Waals surface area contributed by atoms with Crippen LogP contribution in [0.5, 0.6) is 0 Å². The summed E-state index contributed by atoms with van der Waals surface area (Å²) in [4.78, 5) is 5.46. The van der Waals surface area contributed by atoms with Crippen LogP contribution in [0.4, 0.5) is 0 Å². The summed E-state index contributed by atoms with van der Waals surface area (Å²) in [5.74, 6) is 0.612. The molecule has 0 aliphatic carbocycles. The number of hydrogen-bond acceptors (Lipinski definition) is 4. The molecule has 8 heteroatoms. The first-order chi connectivity index (χ1) is 9.99. The zero-order valence-corrected chi connectivity index (χ0v) is 18.6. The summed E-state index contributed by atoms with van der Waals surface area (Å²) in [7, 11) is -1.45. The van der Waals surface area contributed by atoms with E-state index in [1.165, 1.54) is 11.1 Å². The van der Waals surface area contributed by atoms with E-state index >= 15 is 0 Å². The van der Waals surface area contributed by atoms with E-state index in [9.17, 15) is 8.42 Å². The van der Waals surface area contributed by atoms with E-state index in [-0.39, 0.29) is 29.4 Å². The lowest BCUT2D eigenvalue weighted by molar-refractivity contribution is 0.513. The molecule has 0 atom stereocenters. The first-order valence-corrected chi connectivity index (χ1v) is 9.95. The molecule has 0 radical (unpaired) electrons. The molecule has 1 heterocycles. The summed E-state index contributed by atoms with van der Waals surface area (Å²) in [5, 5.41) is 8.44. The molecule has 1 aromatic heterocycles. The molecule has 0 aromatic carbocycles. The molecule has 0 bridgehead atoms. The molecule has 1 rings (SSSR count). The summed E-state index contributed by atoms with van der Waals surface area (Å²) >= 11 is 1.73.